The third-order valence-corrected chi connectivity index (χ3v) is 5.88. The molecule has 0 radical (unpaired) electrons. The second-order valence-corrected chi connectivity index (χ2v) is 7.41. The Morgan fingerprint density at radius 1 is 1.42 bits per heavy atom. The van der Waals surface area contributed by atoms with Gasteiger partial charge in [0.05, 0.1) is 4.90 Å². The lowest BCUT2D eigenvalue weighted by molar-refractivity contribution is 0.310. The average molecular weight is 370 g/mol. The number of nitrogens with one attached hydrogen (secondary N) is 1. The number of piperazine rings is 1. The first-order chi connectivity index (χ1) is 8.41. The highest BCUT2D eigenvalue weighted by Gasteiger charge is 2.29. The van der Waals surface area contributed by atoms with Crippen LogP contribution in [0.3, 0.4) is 0 Å². The molecular formula is C12H18BrClN2O2S. The van der Waals surface area contributed by atoms with Crippen molar-refractivity contribution in [3.63, 3.8) is 0 Å². The Morgan fingerprint density at radius 3 is 2.68 bits per heavy atom. The van der Waals surface area contributed by atoms with Crippen molar-refractivity contribution in [2.75, 3.05) is 19.6 Å². The summed E-state index contributed by atoms with van der Waals surface area (Å²) in [6.45, 7) is 5.67. The maximum atomic E-state index is 12.5. The molecule has 4 nitrogen and oxygen atoms in total. The molecule has 1 fully saturated rings. The molecule has 1 saturated heterocycles. The van der Waals surface area contributed by atoms with Gasteiger partial charge in [-0.1, -0.05) is 6.07 Å². The number of benzene rings is 1. The summed E-state index contributed by atoms with van der Waals surface area (Å²) in [5.74, 6) is 0. The minimum absolute atomic E-state index is 0. The molecule has 0 spiro atoms. The van der Waals surface area contributed by atoms with Crippen molar-refractivity contribution >= 4 is 38.4 Å². The van der Waals surface area contributed by atoms with Crippen LogP contribution in [-0.2, 0) is 10.0 Å². The molecule has 0 aromatic heterocycles. The van der Waals surface area contributed by atoms with Gasteiger partial charge in [-0.3, -0.25) is 0 Å². The zero-order chi connectivity index (χ0) is 13.3. The molecule has 0 bridgehead atoms. The quantitative estimate of drug-likeness (QED) is 0.869. The minimum atomic E-state index is -3.40. The first-order valence-electron chi connectivity index (χ1n) is 5.91. The molecule has 7 heteroatoms. The zero-order valence-electron chi connectivity index (χ0n) is 10.9. The van der Waals surface area contributed by atoms with Crippen molar-refractivity contribution in [1.82, 2.24) is 9.62 Å². The number of hydrogen-bond donors (Lipinski definition) is 1. The van der Waals surface area contributed by atoms with E-state index < -0.39 is 10.0 Å². The predicted molar refractivity (Wildman–Crippen MR) is 82.4 cm³/mol. The Balaban J connectivity index is 0.00000180. The third kappa shape index (κ3) is 3.70. The highest BCUT2D eigenvalue weighted by Crippen LogP contribution is 2.26. The van der Waals surface area contributed by atoms with E-state index in [9.17, 15) is 8.42 Å². The molecule has 1 atom stereocenters. The largest absolute Gasteiger partial charge is 0.312 e. The van der Waals surface area contributed by atoms with Gasteiger partial charge in [0, 0.05) is 30.1 Å². The van der Waals surface area contributed by atoms with Crippen LogP contribution in [0.25, 0.3) is 0 Å². The molecular weight excluding hydrogens is 352 g/mol. The lowest BCUT2D eigenvalue weighted by Gasteiger charge is -2.31. The third-order valence-electron chi connectivity index (χ3n) is 3.04. The summed E-state index contributed by atoms with van der Waals surface area (Å²) in [5, 5.41) is 3.24. The average Bonchev–Trinajstić information content (AvgIpc) is 2.28. The number of aryl methyl sites for hydroxylation is 1. The molecule has 108 valence electrons. The Kier molecular flexibility index (Phi) is 5.82. The standard InChI is InChI=1S/C12H17BrN2O2S.ClH/c1-9-3-4-12(11(13)7-9)18(16,17)15-6-5-14-10(2)8-15;/h3-4,7,10,14H,5-6,8H2,1-2H3;1H/t10-;/m0./s1. The van der Waals surface area contributed by atoms with Crippen molar-refractivity contribution in [2.24, 2.45) is 0 Å². The maximum Gasteiger partial charge on any atom is 0.244 e. The van der Waals surface area contributed by atoms with Crippen LogP contribution >= 0.6 is 28.3 Å². The molecule has 2 rings (SSSR count). The van der Waals surface area contributed by atoms with Gasteiger partial charge < -0.3 is 5.32 Å². The summed E-state index contributed by atoms with van der Waals surface area (Å²) < 4.78 is 27.2. The van der Waals surface area contributed by atoms with Gasteiger partial charge in [0.15, 0.2) is 0 Å². The van der Waals surface area contributed by atoms with E-state index in [-0.39, 0.29) is 18.4 Å². The van der Waals surface area contributed by atoms with E-state index in [4.69, 9.17) is 0 Å². The van der Waals surface area contributed by atoms with Crippen LogP contribution in [0.15, 0.2) is 27.6 Å². The summed E-state index contributed by atoms with van der Waals surface area (Å²) in [5.41, 5.74) is 1.04. The smallest absolute Gasteiger partial charge is 0.244 e. The van der Waals surface area contributed by atoms with E-state index in [1.165, 1.54) is 0 Å². The van der Waals surface area contributed by atoms with E-state index >= 15 is 0 Å². The minimum Gasteiger partial charge on any atom is -0.312 e. The van der Waals surface area contributed by atoms with Crippen LogP contribution < -0.4 is 5.32 Å². The molecule has 1 aliphatic heterocycles. The number of sulfonamides is 1. The summed E-state index contributed by atoms with van der Waals surface area (Å²) >= 11 is 3.34. The van der Waals surface area contributed by atoms with Gasteiger partial charge in [-0.2, -0.15) is 4.31 Å². The van der Waals surface area contributed by atoms with Gasteiger partial charge in [-0.05, 0) is 47.5 Å². The number of nitrogens with zero attached hydrogens (tertiary/aromatic N) is 1. The van der Waals surface area contributed by atoms with Gasteiger partial charge in [0.1, 0.15) is 0 Å². The summed E-state index contributed by atoms with van der Waals surface area (Å²) in [6, 6.07) is 5.52. The molecule has 1 aromatic rings. The van der Waals surface area contributed by atoms with E-state index in [1.807, 2.05) is 26.0 Å². The maximum absolute atomic E-state index is 12.5. The Labute approximate surface area is 129 Å². The van der Waals surface area contributed by atoms with Crippen LogP contribution in [0.5, 0.6) is 0 Å². The first kappa shape index (κ1) is 16.9. The molecule has 19 heavy (non-hydrogen) atoms. The fourth-order valence-corrected chi connectivity index (χ4v) is 4.75. The first-order valence-corrected chi connectivity index (χ1v) is 8.14. The number of halogens is 2. The molecule has 0 amide bonds. The molecule has 0 unspecified atom stereocenters. The van der Waals surface area contributed by atoms with E-state index in [0.29, 0.717) is 29.0 Å². The van der Waals surface area contributed by atoms with Crippen molar-refractivity contribution < 1.29 is 8.42 Å². The van der Waals surface area contributed by atoms with E-state index in [1.54, 1.807) is 10.4 Å². The molecule has 1 N–H and O–H groups in total. The molecule has 1 heterocycles. The molecule has 0 saturated carbocycles. The zero-order valence-corrected chi connectivity index (χ0v) is 14.1. The Bertz CT molecular complexity index is 551. The molecule has 0 aliphatic carbocycles. The topological polar surface area (TPSA) is 49.4 Å². The highest BCUT2D eigenvalue weighted by molar-refractivity contribution is 9.10. The van der Waals surface area contributed by atoms with Crippen molar-refractivity contribution in [3.05, 3.63) is 28.2 Å². The number of rotatable bonds is 2. The normalized spacial score (nSPS) is 20.9. The predicted octanol–water partition coefficient (Wildman–Crippen LogP) is 2.16. The Hall–Kier alpha value is -0.140. The molecule has 1 aliphatic rings. The van der Waals surface area contributed by atoms with Gasteiger partial charge in [0.25, 0.3) is 0 Å². The van der Waals surface area contributed by atoms with Gasteiger partial charge >= 0.3 is 0 Å². The second-order valence-electron chi connectivity index (χ2n) is 4.65. The SMILES string of the molecule is Cc1ccc(S(=O)(=O)N2CCN[C@@H](C)C2)c(Br)c1.Cl. The van der Waals surface area contributed by atoms with Crippen LogP contribution in [0.2, 0.25) is 0 Å². The van der Waals surface area contributed by atoms with Gasteiger partial charge in [0.2, 0.25) is 10.0 Å². The number of hydrogen-bond acceptors (Lipinski definition) is 3. The van der Waals surface area contributed by atoms with Crippen LogP contribution in [0, 0.1) is 6.92 Å². The Morgan fingerprint density at radius 2 is 2.11 bits per heavy atom. The lowest BCUT2D eigenvalue weighted by atomic mass is 10.2. The summed E-state index contributed by atoms with van der Waals surface area (Å²) in [4.78, 5) is 0.349. The lowest BCUT2D eigenvalue weighted by Crippen LogP contribution is -2.51. The van der Waals surface area contributed by atoms with Crippen molar-refractivity contribution in [2.45, 2.75) is 24.8 Å². The summed E-state index contributed by atoms with van der Waals surface area (Å²) in [6.07, 6.45) is 0. The fourth-order valence-electron chi connectivity index (χ4n) is 2.07. The second kappa shape index (κ2) is 6.54. The van der Waals surface area contributed by atoms with E-state index in [2.05, 4.69) is 21.2 Å². The van der Waals surface area contributed by atoms with Gasteiger partial charge in [-0.15, -0.1) is 12.4 Å². The monoisotopic (exact) mass is 368 g/mol. The van der Waals surface area contributed by atoms with Crippen LogP contribution in [0.1, 0.15) is 12.5 Å². The van der Waals surface area contributed by atoms with Crippen LogP contribution in [-0.4, -0.2) is 38.4 Å². The van der Waals surface area contributed by atoms with Gasteiger partial charge in [-0.25, -0.2) is 8.42 Å². The molecule has 1 aromatic carbocycles. The van der Waals surface area contributed by atoms with Crippen molar-refractivity contribution in [3.8, 4) is 0 Å². The summed E-state index contributed by atoms with van der Waals surface area (Å²) in [7, 11) is -3.40. The fraction of sp³-hybridized carbons (Fsp3) is 0.500. The highest BCUT2D eigenvalue weighted by atomic mass is 79.9. The van der Waals surface area contributed by atoms with Crippen LogP contribution in [0.4, 0.5) is 0 Å². The van der Waals surface area contributed by atoms with E-state index in [0.717, 1.165) is 5.56 Å². The van der Waals surface area contributed by atoms with Crippen molar-refractivity contribution in [1.29, 1.82) is 0 Å².